The summed E-state index contributed by atoms with van der Waals surface area (Å²) in [6.45, 7) is 5.44. The minimum atomic E-state index is -1.57. The number of guanidine groups is 1. The number of nitrogens with two attached hydrogens (primary N) is 3. The van der Waals surface area contributed by atoms with Crippen LogP contribution < -0.4 is 43.8 Å². The molecule has 1 rings (SSSR count). The van der Waals surface area contributed by atoms with Crippen molar-refractivity contribution in [2.45, 2.75) is 90.0 Å². The van der Waals surface area contributed by atoms with Crippen molar-refractivity contribution in [3.8, 4) is 0 Å². The van der Waals surface area contributed by atoms with Gasteiger partial charge in [0, 0.05) is 32.7 Å². The van der Waals surface area contributed by atoms with E-state index < -0.39 is 102 Å². The van der Waals surface area contributed by atoms with Crippen LogP contribution in [0.1, 0.15) is 59.8 Å². The highest BCUT2D eigenvalue weighted by Gasteiger charge is 2.40. The van der Waals surface area contributed by atoms with Gasteiger partial charge in [0.2, 0.25) is 41.4 Å². The van der Waals surface area contributed by atoms with Gasteiger partial charge in [0.15, 0.2) is 5.96 Å². The lowest BCUT2D eigenvalue weighted by molar-refractivity contribution is -0.146. The number of hydrogen-bond donors (Lipinski definition) is 11. The molecule has 5 atom stereocenters. The van der Waals surface area contributed by atoms with E-state index in [1.807, 2.05) is 0 Å². The van der Waals surface area contributed by atoms with Crippen molar-refractivity contribution in [3.63, 3.8) is 0 Å². The quantitative estimate of drug-likeness (QED) is 0.0259. The van der Waals surface area contributed by atoms with E-state index in [9.17, 15) is 43.5 Å². The van der Waals surface area contributed by atoms with Crippen molar-refractivity contribution < 1.29 is 53.4 Å². The number of primary amides is 1. The molecule has 0 aromatic rings. The normalized spacial score (nSPS) is 15.7. The Morgan fingerprint density at radius 3 is 1.98 bits per heavy atom. The molecule has 0 unspecified atom stereocenters. The van der Waals surface area contributed by atoms with Gasteiger partial charge in [-0.05, 0) is 31.6 Å². The van der Waals surface area contributed by atoms with Crippen molar-refractivity contribution in [1.29, 1.82) is 0 Å². The molecule has 7 amide bonds. The summed E-state index contributed by atoms with van der Waals surface area (Å²) in [5.41, 5.74) is 15.6. The van der Waals surface area contributed by atoms with Crippen LogP contribution in [0.2, 0.25) is 0 Å². The molecule has 0 radical (unpaired) electrons. The van der Waals surface area contributed by atoms with Crippen LogP contribution in [0.15, 0.2) is 4.99 Å². The van der Waals surface area contributed by atoms with E-state index in [1.54, 1.807) is 13.8 Å². The molecule has 0 spiro atoms. The first-order valence-electron chi connectivity index (χ1n) is 15.8. The fraction of sp³-hybridized carbons (Fsp3) is 0.655. The third-order valence-corrected chi connectivity index (χ3v) is 7.35. The molecule has 0 bridgehead atoms. The first kappa shape index (κ1) is 45.9. The molecule has 22 heteroatoms. The van der Waals surface area contributed by atoms with E-state index >= 15 is 0 Å². The predicted octanol–water partition coefficient (Wildman–Crippen LogP) is -4.26. The van der Waals surface area contributed by atoms with Crippen LogP contribution in [-0.2, 0) is 43.2 Å². The Morgan fingerprint density at radius 2 is 1.49 bits per heavy atom. The Balaban J connectivity index is 0.00000591. The van der Waals surface area contributed by atoms with Gasteiger partial charge in [-0.1, -0.05) is 13.8 Å². The zero-order chi connectivity index (χ0) is 39.4. The Labute approximate surface area is 300 Å². The molecule has 21 nitrogen and oxygen atoms in total. The fourth-order valence-corrected chi connectivity index (χ4v) is 4.92. The van der Waals surface area contributed by atoms with E-state index in [1.165, 1.54) is 11.8 Å². The van der Waals surface area contributed by atoms with Crippen LogP contribution in [0.3, 0.4) is 0 Å². The number of thiol groups is 1. The lowest BCUT2D eigenvalue weighted by atomic mass is 10.0. The van der Waals surface area contributed by atoms with E-state index in [4.69, 9.17) is 27.1 Å². The number of likely N-dealkylation sites (tertiary alicyclic amines) is 1. The Hall–Kier alpha value is -5.15. The number of aliphatic carboxylic acids is 2. The van der Waals surface area contributed by atoms with Gasteiger partial charge in [0.1, 0.15) is 30.2 Å². The third kappa shape index (κ3) is 18.4. The third-order valence-electron chi connectivity index (χ3n) is 6.99. The number of rotatable bonds is 19. The lowest BCUT2D eigenvalue weighted by Crippen LogP contribution is -2.58. The predicted molar refractivity (Wildman–Crippen MR) is 185 cm³/mol. The van der Waals surface area contributed by atoms with E-state index in [0.717, 1.165) is 6.92 Å². The average molecular weight is 747 g/mol. The van der Waals surface area contributed by atoms with Gasteiger partial charge >= 0.3 is 5.97 Å². The molecule has 1 aliphatic heterocycles. The van der Waals surface area contributed by atoms with Gasteiger partial charge in [-0.15, -0.1) is 0 Å². The molecule has 1 aliphatic rings. The second-order valence-electron chi connectivity index (χ2n) is 11.7. The lowest BCUT2D eigenvalue weighted by Gasteiger charge is -2.31. The number of nitrogens with zero attached hydrogens (tertiary/aromatic N) is 2. The molecule has 0 aromatic heterocycles. The number of carboxylic acid groups (broad SMARTS) is 2. The maximum atomic E-state index is 13.5. The average Bonchev–Trinajstić information content (AvgIpc) is 3.51. The summed E-state index contributed by atoms with van der Waals surface area (Å²) in [4.78, 5) is 113. The summed E-state index contributed by atoms with van der Waals surface area (Å²) >= 11 is 4.11. The second kappa shape index (κ2) is 23.3. The van der Waals surface area contributed by atoms with E-state index in [0.29, 0.717) is 12.8 Å². The summed E-state index contributed by atoms with van der Waals surface area (Å²) in [6, 6.07) is -5.88. The molecule has 288 valence electrons. The van der Waals surface area contributed by atoms with Gasteiger partial charge in [0.25, 0.3) is 5.97 Å². The van der Waals surface area contributed by atoms with Crippen molar-refractivity contribution in [1.82, 2.24) is 31.5 Å². The molecular weight excluding hydrogens is 696 g/mol. The minimum Gasteiger partial charge on any atom is -0.481 e. The second-order valence-corrected chi connectivity index (χ2v) is 12.1. The van der Waals surface area contributed by atoms with Crippen LogP contribution in [0.4, 0.5) is 0 Å². The smallest absolute Gasteiger partial charge is 0.326 e. The van der Waals surface area contributed by atoms with Gasteiger partial charge in [0.05, 0.1) is 13.0 Å². The molecule has 1 fully saturated rings. The van der Waals surface area contributed by atoms with Crippen LogP contribution in [0.5, 0.6) is 0 Å². The van der Waals surface area contributed by atoms with Gasteiger partial charge in [-0.25, -0.2) is 4.79 Å². The van der Waals surface area contributed by atoms with Crippen LogP contribution in [-0.4, -0.2) is 130 Å². The molecule has 0 aliphatic carbocycles. The molecule has 13 N–H and O–H groups in total. The molecular formula is C29H50N10O11S. The Kier molecular flexibility index (Phi) is 20.9. The highest BCUT2D eigenvalue weighted by atomic mass is 32.1. The fourth-order valence-electron chi connectivity index (χ4n) is 4.66. The van der Waals surface area contributed by atoms with Gasteiger partial charge < -0.3 is 58.9 Å². The molecule has 0 saturated carbocycles. The summed E-state index contributed by atoms with van der Waals surface area (Å²) < 4.78 is 0. The summed E-state index contributed by atoms with van der Waals surface area (Å²) in [6.07, 6.45) is 0.549. The monoisotopic (exact) mass is 746 g/mol. The SMILES string of the molecule is CC(=O)N[C@@H](CCCN=C(N)N)C(=O)N[C@@H](CS)C(=O)NCC(=O)N[C@H](C(=O)N1CCC[C@H]1C(=O)N[C@@H](CC(N)=O)C(=O)O)C(C)C.CC(=O)O. The van der Waals surface area contributed by atoms with Crippen LogP contribution in [0, 0.1) is 5.92 Å². The molecule has 1 saturated heterocycles. The molecule has 0 aromatic carbocycles. The number of amides is 7. The number of carbonyl (C=O) groups excluding carboxylic acids is 7. The van der Waals surface area contributed by atoms with Gasteiger partial charge in [-0.2, -0.15) is 12.6 Å². The van der Waals surface area contributed by atoms with Crippen molar-refractivity contribution in [2.24, 2.45) is 28.1 Å². The number of nitrogens with one attached hydrogen (secondary N) is 5. The van der Waals surface area contributed by atoms with Crippen LogP contribution in [0.25, 0.3) is 0 Å². The number of hydrogen-bond acceptors (Lipinski definition) is 11. The first-order valence-corrected chi connectivity index (χ1v) is 16.5. The van der Waals surface area contributed by atoms with Crippen molar-refractivity contribution in [2.75, 3.05) is 25.4 Å². The topological polar surface area (TPSA) is 348 Å². The number of aliphatic imine (C=N–C) groups is 1. The molecule has 1 heterocycles. The maximum absolute atomic E-state index is 13.5. The highest BCUT2D eigenvalue weighted by Crippen LogP contribution is 2.21. The van der Waals surface area contributed by atoms with Gasteiger partial charge in [-0.3, -0.25) is 43.3 Å². The summed E-state index contributed by atoms with van der Waals surface area (Å²) in [7, 11) is 0. The minimum absolute atomic E-state index is 0.123. The first-order chi connectivity index (χ1) is 23.7. The summed E-state index contributed by atoms with van der Waals surface area (Å²) in [5.74, 6) is -7.94. The van der Waals surface area contributed by atoms with Crippen LogP contribution >= 0.6 is 12.6 Å². The Morgan fingerprint density at radius 1 is 0.882 bits per heavy atom. The van der Waals surface area contributed by atoms with E-state index in [2.05, 4.69) is 44.2 Å². The van der Waals surface area contributed by atoms with Crippen molar-refractivity contribution in [3.05, 3.63) is 0 Å². The number of carboxylic acids is 2. The van der Waals surface area contributed by atoms with E-state index in [-0.39, 0.29) is 37.6 Å². The standard InChI is InChI=1S/C27H46N10O9S.C2H4O2/c1-13(2)21(25(44)37-9-5-7-18(37)24(43)34-16(26(45)46)10-19(28)39)36-20(40)11-32-22(41)17(12-47)35-23(42)15(33-14(3)38)6-4-8-31-27(29)30;1-2(3)4/h13,15-18,21,47H,4-12H2,1-3H3,(H2,28,39)(H,32,41)(H,33,38)(H,34,43)(H,35,42)(H,36,40)(H,45,46)(H4,29,30,31);1H3,(H,3,4)/t15-,16-,17-,18-,21-;/m0./s1. The zero-order valence-electron chi connectivity index (χ0n) is 29.0. The number of carbonyl (C=O) groups is 9. The summed E-state index contributed by atoms with van der Waals surface area (Å²) in [5, 5.41) is 28.9. The Bertz CT molecular complexity index is 1310. The maximum Gasteiger partial charge on any atom is 0.326 e. The largest absolute Gasteiger partial charge is 0.481 e. The molecule has 51 heavy (non-hydrogen) atoms. The highest BCUT2D eigenvalue weighted by molar-refractivity contribution is 7.80. The van der Waals surface area contributed by atoms with Crippen molar-refractivity contribution >= 4 is 71.9 Å². The zero-order valence-corrected chi connectivity index (χ0v) is 29.9.